The van der Waals surface area contributed by atoms with E-state index in [2.05, 4.69) is 0 Å². The number of amidine groups is 1. The van der Waals surface area contributed by atoms with Crippen molar-refractivity contribution in [1.29, 1.82) is 5.41 Å². The highest BCUT2D eigenvalue weighted by Crippen LogP contribution is 2.25. The summed E-state index contributed by atoms with van der Waals surface area (Å²) in [5.74, 6) is 1.05. The van der Waals surface area contributed by atoms with E-state index in [1.165, 1.54) is 0 Å². The summed E-state index contributed by atoms with van der Waals surface area (Å²) in [7, 11) is 0. The van der Waals surface area contributed by atoms with Crippen molar-refractivity contribution in [2.45, 2.75) is 20.3 Å². The van der Waals surface area contributed by atoms with Crippen LogP contribution < -0.4 is 10.5 Å². The molecule has 0 fully saturated rings. The van der Waals surface area contributed by atoms with E-state index in [0.29, 0.717) is 0 Å². The van der Waals surface area contributed by atoms with Gasteiger partial charge in [-0.1, -0.05) is 13.8 Å². The number of nitrogens with two attached hydrogens (primary N) is 1. The summed E-state index contributed by atoms with van der Waals surface area (Å²) in [5, 5.41) is 7.24. The quantitative estimate of drug-likeness (QED) is 0.527. The summed E-state index contributed by atoms with van der Waals surface area (Å²) in [6.45, 7) is 4.75. The highest BCUT2D eigenvalue weighted by atomic mass is 16.5. The standard InChI is InChI=1S/C9H10N2O.C2H6/c10-9(11)7-1-2-8-6(5-7)3-4-12-8;1-2/h1-2,5H,3-4H2,(H3,10,11);1-2H3. The zero-order chi connectivity index (χ0) is 10.6. The topological polar surface area (TPSA) is 59.1 Å². The molecule has 0 bridgehead atoms. The lowest BCUT2D eigenvalue weighted by Gasteiger charge is -2.01. The number of nitrogens with one attached hydrogen (secondary N) is 1. The number of hydrogen-bond acceptors (Lipinski definition) is 2. The highest BCUT2D eigenvalue weighted by Gasteiger charge is 2.12. The van der Waals surface area contributed by atoms with E-state index in [9.17, 15) is 0 Å². The fourth-order valence-corrected chi connectivity index (χ4v) is 1.35. The van der Waals surface area contributed by atoms with Gasteiger partial charge in [-0.05, 0) is 23.8 Å². The molecular weight excluding hydrogens is 176 g/mol. The van der Waals surface area contributed by atoms with Gasteiger partial charge in [0.1, 0.15) is 11.6 Å². The maximum atomic E-state index is 7.24. The van der Waals surface area contributed by atoms with Crippen molar-refractivity contribution in [3.05, 3.63) is 29.3 Å². The molecule has 2 rings (SSSR count). The third-order valence-electron chi connectivity index (χ3n) is 2.00. The predicted molar refractivity (Wildman–Crippen MR) is 58.0 cm³/mol. The third-order valence-corrected chi connectivity index (χ3v) is 2.00. The number of hydrogen-bond donors (Lipinski definition) is 2. The Labute approximate surface area is 84.4 Å². The van der Waals surface area contributed by atoms with Gasteiger partial charge in [-0.3, -0.25) is 5.41 Å². The molecule has 0 saturated heterocycles. The summed E-state index contributed by atoms with van der Waals surface area (Å²) in [6.07, 6.45) is 0.927. The van der Waals surface area contributed by atoms with Crippen molar-refractivity contribution >= 4 is 5.84 Å². The van der Waals surface area contributed by atoms with Crippen molar-refractivity contribution < 1.29 is 4.74 Å². The lowest BCUT2D eigenvalue weighted by Crippen LogP contribution is -2.10. The van der Waals surface area contributed by atoms with E-state index < -0.39 is 0 Å². The van der Waals surface area contributed by atoms with E-state index in [1.807, 2.05) is 32.0 Å². The number of fused-ring (bicyclic) bond motifs is 1. The van der Waals surface area contributed by atoms with E-state index >= 15 is 0 Å². The van der Waals surface area contributed by atoms with Crippen LogP contribution >= 0.6 is 0 Å². The number of ether oxygens (including phenoxy) is 1. The molecule has 0 amide bonds. The van der Waals surface area contributed by atoms with Crippen molar-refractivity contribution in [3.63, 3.8) is 0 Å². The Kier molecular flexibility index (Phi) is 3.51. The van der Waals surface area contributed by atoms with Crippen molar-refractivity contribution in [1.82, 2.24) is 0 Å². The van der Waals surface area contributed by atoms with Crippen molar-refractivity contribution in [2.24, 2.45) is 5.73 Å². The van der Waals surface area contributed by atoms with Gasteiger partial charge in [-0.25, -0.2) is 0 Å². The van der Waals surface area contributed by atoms with Crippen molar-refractivity contribution in [3.8, 4) is 5.75 Å². The lowest BCUT2D eigenvalue weighted by atomic mass is 10.1. The van der Waals surface area contributed by atoms with Crippen LogP contribution in [0.4, 0.5) is 0 Å². The van der Waals surface area contributed by atoms with Crippen LogP contribution in [0.3, 0.4) is 0 Å². The van der Waals surface area contributed by atoms with Gasteiger partial charge >= 0.3 is 0 Å². The minimum absolute atomic E-state index is 0.115. The minimum Gasteiger partial charge on any atom is -0.493 e. The van der Waals surface area contributed by atoms with Gasteiger partial charge in [-0.2, -0.15) is 0 Å². The Morgan fingerprint density at radius 1 is 1.43 bits per heavy atom. The molecule has 1 aromatic carbocycles. The van der Waals surface area contributed by atoms with Gasteiger partial charge < -0.3 is 10.5 Å². The van der Waals surface area contributed by atoms with Crippen LogP contribution in [0.5, 0.6) is 5.75 Å². The maximum Gasteiger partial charge on any atom is 0.122 e. The monoisotopic (exact) mass is 192 g/mol. The van der Waals surface area contributed by atoms with Crippen LogP contribution in [0, 0.1) is 5.41 Å². The molecule has 0 spiro atoms. The van der Waals surface area contributed by atoms with Gasteiger partial charge in [-0.15, -0.1) is 0 Å². The Morgan fingerprint density at radius 3 is 2.79 bits per heavy atom. The second-order valence-electron chi connectivity index (χ2n) is 2.83. The minimum atomic E-state index is 0.115. The Hall–Kier alpha value is -1.51. The number of nitrogen functional groups attached to an aromatic ring is 1. The van der Waals surface area contributed by atoms with E-state index in [1.54, 1.807) is 0 Å². The summed E-state index contributed by atoms with van der Waals surface area (Å²) in [6, 6.07) is 5.61. The molecule has 0 unspecified atom stereocenters. The summed E-state index contributed by atoms with van der Waals surface area (Å²) < 4.78 is 5.32. The average Bonchev–Trinajstić information content (AvgIpc) is 2.67. The molecule has 1 aromatic rings. The van der Waals surface area contributed by atoms with Crippen LogP contribution in [-0.4, -0.2) is 12.4 Å². The van der Waals surface area contributed by atoms with Gasteiger partial charge in [0, 0.05) is 12.0 Å². The molecule has 3 N–H and O–H groups in total. The molecule has 0 saturated carbocycles. The Balaban J connectivity index is 0.000000461. The first kappa shape index (κ1) is 10.6. The molecule has 0 aromatic heterocycles. The van der Waals surface area contributed by atoms with Crippen molar-refractivity contribution in [2.75, 3.05) is 6.61 Å². The fraction of sp³-hybridized carbons (Fsp3) is 0.364. The first-order valence-electron chi connectivity index (χ1n) is 4.87. The first-order valence-corrected chi connectivity index (χ1v) is 4.87. The predicted octanol–water partition coefficient (Wildman–Crippen LogP) is 1.93. The molecule has 1 aliphatic heterocycles. The van der Waals surface area contributed by atoms with Gasteiger partial charge in [0.2, 0.25) is 0 Å². The Bertz CT molecular complexity index is 334. The summed E-state index contributed by atoms with van der Waals surface area (Å²) in [4.78, 5) is 0. The maximum absolute atomic E-state index is 7.24. The molecule has 0 radical (unpaired) electrons. The zero-order valence-corrected chi connectivity index (χ0v) is 8.63. The third kappa shape index (κ3) is 2.05. The second-order valence-corrected chi connectivity index (χ2v) is 2.83. The highest BCUT2D eigenvalue weighted by molar-refractivity contribution is 5.95. The average molecular weight is 192 g/mol. The second kappa shape index (κ2) is 4.65. The smallest absolute Gasteiger partial charge is 0.122 e. The molecule has 0 atom stereocenters. The van der Waals surface area contributed by atoms with E-state index in [-0.39, 0.29) is 5.84 Å². The molecule has 1 heterocycles. The molecule has 14 heavy (non-hydrogen) atoms. The van der Waals surface area contributed by atoms with Crippen LogP contribution in [0.1, 0.15) is 25.0 Å². The van der Waals surface area contributed by atoms with Crippen LogP contribution in [0.2, 0.25) is 0 Å². The van der Waals surface area contributed by atoms with Gasteiger partial charge in [0.15, 0.2) is 0 Å². The summed E-state index contributed by atoms with van der Waals surface area (Å²) >= 11 is 0. The molecule has 1 aliphatic rings. The first-order chi connectivity index (χ1) is 6.77. The largest absolute Gasteiger partial charge is 0.493 e. The fourth-order valence-electron chi connectivity index (χ4n) is 1.35. The Morgan fingerprint density at radius 2 is 2.14 bits per heavy atom. The lowest BCUT2D eigenvalue weighted by molar-refractivity contribution is 0.357. The van der Waals surface area contributed by atoms with Crippen LogP contribution in [0.25, 0.3) is 0 Å². The molecular formula is C11H16N2O. The van der Waals surface area contributed by atoms with Crippen LogP contribution in [0.15, 0.2) is 18.2 Å². The zero-order valence-electron chi connectivity index (χ0n) is 8.63. The molecule has 76 valence electrons. The van der Waals surface area contributed by atoms with Gasteiger partial charge in [0.05, 0.1) is 6.61 Å². The normalized spacial score (nSPS) is 12.1. The number of rotatable bonds is 1. The summed E-state index contributed by atoms with van der Waals surface area (Å²) in [5.41, 5.74) is 7.28. The molecule has 3 nitrogen and oxygen atoms in total. The SMILES string of the molecule is CC.N=C(N)c1ccc2c(c1)CCO2. The molecule has 3 heteroatoms. The van der Waals surface area contributed by atoms with Crippen LogP contribution in [-0.2, 0) is 6.42 Å². The number of benzene rings is 1. The van der Waals surface area contributed by atoms with E-state index in [0.717, 1.165) is 29.9 Å². The van der Waals surface area contributed by atoms with E-state index in [4.69, 9.17) is 15.9 Å². The molecule has 0 aliphatic carbocycles. The van der Waals surface area contributed by atoms with Gasteiger partial charge in [0.25, 0.3) is 0 Å².